The van der Waals surface area contributed by atoms with Crippen LogP contribution in [0.1, 0.15) is 35.7 Å². The van der Waals surface area contributed by atoms with Gasteiger partial charge in [0.15, 0.2) is 0 Å². The van der Waals surface area contributed by atoms with Crippen LogP contribution in [0, 0.1) is 0 Å². The SMILES string of the molecule is CC(NCC1Cc2ccccc21)c1ccccn1. The number of benzene rings is 1. The monoisotopic (exact) mass is 238 g/mol. The maximum Gasteiger partial charge on any atom is 0.0570 e. The largest absolute Gasteiger partial charge is 0.308 e. The quantitative estimate of drug-likeness (QED) is 0.885. The lowest BCUT2D eigenvalue weighted by Crippen LogP contribution is -2.31. The van der Waals surface area contributed by atoms with E-state index in [-0.39, 0.29) is 0 Å². The van der Waals surface area contributed by atoms with E-state index in [1.807, 2.05) is 18.3 Å². The van der Waals surface area contributed by atoms with Crippen molar-refractivity contribution in [3.63, 3.8) is 0 Å². The van der Waals surface area contributed by atoms with E-state index in [9.17, 15) is 0 Å². The van der Waals surface area contributed by atoms with Crippen LogP contribution < -0.4 is 5.32 Å². The topological polar surface area (TPSA) is 24.9 Å². The smallest absolute Gasteiger partial charge is 0.0570 e. The van der Waals surface area contributed by atoms with Crippen molar-refractivity contribution in [3.05, 3.63) is 65.5 Å². The Bertz CT molecular complexity index is 520. The fourth-order valence-electron chi connectivity index (χ4n) is 2.60. The molecule has 1 aromatic carbocycles. The Morgan fingerprint density at radius 3 is 2.83 bits per heavy atom. The number of pyridine rings is 1. The number of nitrogens with one attached hydrogen (secondary N) is 1. The second kappa shape index (κ2) is 4.91. The fraction of sp³-hybridized carbons (Fsp3) is 0.312. The summed E-state index contributed by atoms with van der Waals surface area (Å²) in [6.45, 7) is 3.21. The lowest BCUT2D eigenvalue weighted by atomic mass is 9.77. The maximum absolute atomic E-state index is 4.38. The number of nitrogens with zero attached hydrogens (tertiary/aromatic N) is 1. The first kappa shape index (κ1) is 11.4. The maximum atomic E-state index is 4.38. The number of aromatic nitrogens is 1. The molecule has 2 unspecified atom stereocenters. The molecule has 0 saturated carbocycles. The zero-order valence-corrected chi connectivity index (χ0v) is 10.6. The number of rotatable bonds is 4. The Kier molecular flexibility index (Phi) is 3.11. The third-order valence-electron chi connectivity index (χ3n) is 3.76. The van der Waals surface area contributed by atoms with Crippen molar-refractivity contribution in [2.24, 2.45) is 0 Å². The zero-order valence-electron chi connectivity index (χ0n) is 10.6. The number of hydrogen-bond acceptors (Lipinski definition) is 2. The highest BCUT2D eigenvalue weighted by Gasteiger charge is 2.25. The molecule has 1 N–H and O–H groups in total. The molecule has 0 saturated heterocycles. The van der Waals surface area contributed by atoms with Gasteiger partial charge in [-0.1, -0.05) is 30.3 Å². The van der Waals surface area contributed by atoms with Crippen LogP contribution in [0.15, 0.2) is 48.7 Å². The van der Waals surface area contributed by atoms with Crippen LogP contribution in [0.4, 0.5) is 0 Å². The molecule has 2 aromatic rings. The molecule has 2 atom stereocenters. The van der Waals surface area contributed by atoms with Gasteiger partial charge in [0.25, 0.3) is 0 Å². The van der Waals surface area contributed by atoms with E-state index in [0.717, 1.165) is 12.2 Å². The van der Waals surface area contributed by atoms with Crippen LogP contribution in [0.3, 0.4) is 0 Å². The highest BCUT2D eigenvalue weighted by molar-refractivity contribution is 5.40. The van der Waals surface area contributed by atoms with Crippen molar-refractivity contribution in [1.82, 2.24) is 10.3 Å². The molecular formula is C16H18N2. The summed E-state index contributed by atoms with van der Waals surface area (Å²) in [5.41, 5.74) is 4.14. The van der Waals surface area contributed by atoms with E-state index in [1.165, 1.54) is 17.5 Å². The van der Waals surface area contributed by atoms with Gasteiger partial charge < -0.3 is 5.32 Å². The highest BCUT2D eigenvalue weighted by Crippen LogP contribution is 2.34. The van der Waals surface area contributed by atoms with Gasteiger partial charge in [0.05, 0.1) is 5.69 Å². The van der Waals surface area contributed by atoms with Crippen molar-refractivity contribution < 1.29 is 0 Å². The van der Waals surface area contributed by atoms with E-state index in [1.54, 1.807) is 0 Å². The summed E-state index contributed by atoms with van der Waals surface area (Å²) in [5.74, 6) is 0.673. The Labute approximate surface area is 108 Å². The van der Waals surface area contributed by atoms with Crippen molar-refractivity contribution in [2.45, 2.75) is 25.3 Å². The van der Waals surface area contributed by atoms with Crippen LogP contribution in [0.5, 0.6) is 0 Å². The Morgan fingerprint density at radius 1 is 1.22 bits per heavy atom. The zero-order chi connectivity index (χ0) is 12.4. The molecule has 0 fully saturated rings. The second-order valence-electron chi connectivity index (χ2n) is 4.98. The summed E-state index contributed by atoms with van der Waals surface area (Å²) in [6, 6.07) is 15.1. The van der Waals surface area contributed by atoms with Crippen molar-refractivity contribution in [3.8, 4) is 0 Å². The minimum Gasteiger partial charge on any atom is -0.308 e. The van der Waals surface area contributed by atoms with E-state index in [0.29, 0.717) is 12.0 Å². The molecular weight excluding hydrogens is 220 g/mol. The van der Waals surface area contributed by atoms with Gasteiger partial charge in [-0.05, 0) is 36.6 Å². The average molecular weight is 238 g/mol. The molecule has 0 amide bonds. The molecule has 2 nitrogen and oxygen atoms in total. The predicted octanol–water partition coefficient (Wildman–Crippen LogP) is 3.07. The summed E-state index contributed by atoms with van der Waals surface area (Å²) in [6.07, 6.45) is 3.06. The molecule has 92 valence electrons. The van der Waals surface area contributed by atoms with E-state index < -0.39 is 0 Å². The Hall–Kier alpha value is -1.67. The van der Waals surface area contributed by atoms with Crippen molar-refractivity contribution in [1.29, 1.82) is 0 Å². The molecule has 0 radical (unpaired) electrons. The molecule has 0 aliphatic heterocycles. The van der Waals surface area contributed by atoms with E-state index in [2.05, 4.69) is 47.6 Å². The van der Waals surface area contributed by atoms with E-state index in [4.69, 9.17) is 0 Å². The standard InChI is InChI=1S/C16H18N2/c1-12(16-8-4-5-9-17-16)18-11-14-10-13-6-2-3-7-15(13)14/h2-9,12,14,18H,10-11H2,1H3. The van der Waals surface area contributed by atoms with Gasteiger partial charge in [0, 0.05) is 24.7 Å². The first-order valence-electron chi connectivity index (χ1n) is 6.56. The first-order valence-corrected chi connectivity index (χ1v) is 6.56. The third kappa shape index (κ3) is 2.16. The Balaban J connectivity index is 1.58. The molecule has 18 heavy (non-hydrogen) atoms. The summed E-state index contributed by atoms with van der Waals surface area (Å²) in [4.78, 5) is 4.38. The minimum absolute atomic E-state index is 0.318. The van der Waals surface area contributed by atoms with Crippen molar-refractivity contribution >= 4 is 0 Å². The molecule has 1 heterocycles. The summed E-state index contributed by atoms with van der Waals surface area (Å²) in [7, 11) is 0. The van der Waals surface area contributed by atoms with Crippen LogP contribution in [0.25, 0.3) is 0 Å². The van der Waals surface area contributed by atoms with Crippen LogP contribution in [-0.2, 0) is 6.42 Å². The van der Waals surface area contributed by atoms with Crippen molar-refractivity contribution in [2.75, 3.05) is 6.54 Å². The lowest BCUT2D eigenvalue weighted by Gasteiger charge is -2.31. The number of hydrogen-bond donors (Lipinski definition) is 1. The molecule has 1 aliphatic rings. The highest BCUT2D eigenvalue weighted by atomic mass is 14.9. The molecule has 1 aromatic heterocycles. The summed E-state index contributed by atoms with van der Waals surface area (Å²) < 4.78 is 0. The Morgan fingerprint density at radius 2 is 2.06 bits per heavy atom. The predicted molar refractivity (Wildman–Crippen MR) is 73.5 cm³/mol. The number of fused-ring (bicyclic) bond motifs is 1. The van der Waals surface area contributed by atoms with Gasteiger partial charge in [-0.15, -0.1) is 0 Å². The van der Waals surface area contributed by atoms with Gasteiger partial charge in [0.1, 0.15) is 0 Å². The molecule has 2 heteroatoms. The van der Waals surface area contributed by atoms with Gasteiger partial charge >= 0.3 is 0 Å². The van der Waals surface area contributed by atoms with Crippen LogP contribution >= 0.6 is 0 Å². The minimum atomic E-state index is 0.318. The molecule has 3 rings (SSSR count). The van der Waals surface area contributed by atoms with Gasteiger partial charge in [-0.3, -0.25) is 4.98 Å². The molecule has 0 spiro atoms. The van der Waals surface area contributed by atoms with Gasteiger partial charge in [0.2, 0.25) is 0 Å². The molecule has 1 aliphatic carbocycles. The third-order valence-corrected chi connectivity index (χ3v) is 3.76. The average Bonchev–Trinajstić information content (AvgIpc) is 2.40. The summed E-state index contributed by atoms with van der Waals surface area (Å²) >= 11 is 0. The van der Waals surface area contributed by atoms with Gasteiger partial charge in [-0.2, -0.15) is 0 Å². The second-order valence-corrected chi connectivity index (χ2v) is 4.98. The normalized spacial score (nSPS) is 18.8. The van der Waals surface area contributed by atoms with Gasteiger partial charge in [-0.25, -0.2) is 0 Å². The fourth-order valence-corrected chi connectivity index (χ4v) is 2.60. The molecule has 0 bridgehead atoms. The summed E-state index contributed by atoms with van der Waals surface area (Å²) in [5, 5.41) is 3.58. The first-order chi connectivity index (χ1) is 8.84. The lowest BCUT2D eigenvalue weighted by molar-refractivity contribution is 0.483. The van der Waals surface area contributed by atoms with Crippen LogP contribution in [-0.4, -0.2) is 11.5 Å². The van der Waals surface area contributed by atoms with Crippen LogP contribution in [0.2, 0.25) is 0 Å². The van der Waals surface area contributed by atoms with E-state index >= 15 is 0 Å².